The molecule has 0 radical (unpaired) electrons. The first kappa shape index (κ1) is 12.7. The molecule has 0 aliphatic heterocycles. The van der Waals surface area contributed by atoms with Gasteiger partial charge in [0.05, 0.1) is 5.41 Å². The molecule has 1 atom stereocenters. The van der Waals surface area contributed by atoms with Gasteiger partial charge in [-0.25, -0.2) is 0 Å². The number of hydrogen-bond donors (Lipinski definition) is 0. The second kappa shape index (κ2) is 4.36. The number of fused-ring (bicyclic) bond motifs is 1. The van der Waals surface area contributed by atoms with Gasteiger partial charge in [0, 0.05) is 15.6 Å². The van der Waals surface area contributed by atoms with Crippen molar-refractivity contribution in [2.75, 3.05) is 0 Å². The van der Waals surface area contributed by atoms with Crippen molar-refractivity contribution >= 4 is 29.0 Å². The van der Waals surface area contributed by atoms with Gasteiger partial charge in [0.2, 0.25) is 0 Å². The highest BCUT2D eigenvalue weighted by Gasteiger charge is 2.42. The first-order valence-corrected chi connectivity index (χ1v) is 6.85. The molecule has 1 aliphatic carbocycles. The Labute approximate surface area is 122 Å². The lowest BCUT2D eigenvalue weighted by Crippen LogP contribution is -2.29. The number of ketones is 1. The number of carbonyl (C=O) groups excluding carboxylic acids is 1. The van der Waals surface area contributed by atoms with Crippen LogP contribution in [0.5, 0.6) is 0 Å². The summed E-state index contributed by atoms with van der Waals surface area (Å²) >= 11 is 11.9. The minimum atomic E-state index is -0.516. The van der Waals surface area contributed by atoms with Gasteiger partial charge in [-0.1, -0.05) is 35.3 Å². The lowest BCUT2D eigenvalue weighted by molar-refractivity contribution is 0.0915. The lowest BCUT2D eigenvalue weighted by atomic mass is 9.79. The summed E-state index contributed by atoms with van der Waals surface area (Å²) in [6.45, 7) is 1.98. The van der Waals surface area contributed by atoms with Crippen LogP contribution in [0.4, 0.5) is 0 Å². The molecule has 0 spiro atoms. The molecule has 0 saturated carbocycles. The summed E-state index contributed by atoms with van der Waals surface area (Å²) in [6, 6.07) is 13.0. The summed E-state index contributed by atoms with van der Waals surface area (Å²) in [5.41, 5.74) is 2.28. The molecular formula is C16H12Cl2O. The first-order valence-electron chi connectivity index (χ1n) is 6.10. The molecule has 19 heavy (non-hydrogen) atoms. The molecule has 0 N–H and O–H groups in total. The summed E-state index contributed by atoms with van der Waals surface area (Å²) in [5.74, 6) is 0.154. The molecule has 0 heterocycles. The van der Waals surface area contributed by atoms with Crippen LogP contribution in [0.1, 0.15) is 28.4 Å². The third-order valence-electron chi connectivity index (χ3n) is 3.84. The van der Waals surface area contributed by atoms with Crippen molar-refractivity contribution in [3.05, 3.63) is 69.2 Å². The summed E-state index contributed by atoms with van der Waals surface area (Å²) < 4.78 is 0. The van der Waals surface area contributed by atoms with Gasteiger partial charge in [-0.2, -0.15) is 0 Å². The van der Waals surface area contributed by atoms with E-state index in [1.54, 1.807) is 6.07 Å². The van der Waals surface area contributed by atoms with E-state index in [0.29, 0.717) is 16.5 Å². The molecule has 1 aliphatic rings. The highest BCUT2D eigenvalue weighted by molar-refractivity contribution is 6.31. The highest BCUT2D eigenvalue weighted by Crippen LogP contribution is 2.40. The standard InChI is InChI=1S/C16H12Cl2O/c1-16(11-2-4-12(17)5-3-11)9-10-8-13(18)6-7-14(10)15(16)19/h2-8H,9H2,1H3. The normalized spacial score (nSPS) is 21.5. The molecule has 3 heteroatoms. The van der Waals surface area contributed by atoms with E-state index < -0.39 is 5.41 Å². The SMILES string of the molecule is CC1(c2ccc(Cl)cc2)Cc2cc(Cl)ccc2C1=O. The van der Waals surface area contributed by atoms with E-state index in [0.717, 1.165) is 16.7 Å². The van der Waals surface area contributed by atoms with Crippen LogP contribution in [0.3, 0.4) is 0 Å². The number of carbonyl (C=O) groups is 1. The minimum Gasteiger partial charge on any atom is -0.293 e. The number of rotatable bonds is 1. The number of Topliss-reactive ketones (excluding diaryl/α,β-unsaturated/α-hetero) is 1. The van der Waals surface area contributed by atoms with Crippen molar-refractivity contribution in [3.8, 4) is 0 Å². The van der Waals surface area contributed by atoms with Crippen molar-refractivity contribution in [3.63, 3.8) is 0 Å². The van der Waals surface area contributed by atoms with Crippen LogP contribution in [0, 0.1) is 0 Å². The van der Waals surface area contributed by atoms with Crippen molar-refractivity contribution in [1.29, 1.82) is 0 Å². The summed E-state index contributed by atoms with van der Waals surface area (Å²) in [4.78, 5) is 12.6. The van der Waals surface area contributed by atoms with Gasteiger partial charge in [-0.15, -0.1) is 0 Å². The highest BCUT2D eigenvalue weighted by atomic mass is 35.5. The summed E-state index contributed by atoms with van der Waals surface area (Å²) in [7, 11) is 0. The lowest BCUT2D eigenvalue weighted by Gasteiger charge is -2.22. The second-order valence-corrected chi connectivity index (χ2v) is 6.02. The molecule has 1 unspecified atom stereocenters. The summed E-state index contributed by atoms with van der Waals surface area (Å²) in [5, 5.41) is 1.35. The Morgan fingerprint density at radius 2 is 1.63 bits per heavy atom. The number of halogens is 2. The molecule has 96 valence electrons. The van der Waals surface area contributed by atoms with Gasteiger partial charge in [0.15, 0.2) is 5.78 Å². The van der Waals surface area contributed by atoms with E-state index in [-0.39, 0.29) is 5.78 Å². The predicted octanol–water partition coefficient (Wildman–Crippen LogP) is 4.69. The second-order valence-electron chi connectivity index (χ2n) is 5.15. The Morgan fingerprint density at radius 1 is 1.00 bits per heavy atom. The topological polar surface area (TPSA) is 17.1 Å². The Kier molecular flexibility index (Phi) is 2.92. The van der Waals surface area contributed by atoms with Gasteiger partial charge in [-0.05, 0) is 54.8 Å². The van der Waals surface area contributed by atoms with E-state index in [1.807, 2.05) is 43.3 Å². The third kappa shape index (κ3) is 1.98. The molecule has 0 bridgehead atoms. The van der Waals surface area contributed by atoms with Crippen molar-refractivity contribution < 1.29 is 4.79 Å². The molecule has 1 nitrogen and oxygen atoms in total. The fraction of sp³-hybridized carbons (Fsp3) is 0.188. The Morgan fingerprint density at radius 3 is 2.32 bits per heavy atom. The zero-order valence-corrected chi connectivity index (χ0v) is 11.9. The average Bonchev–Trinajstić information content (AvgIpc) is 2.63. The van der Waals surface area contributed by atoms with Crippen molar-refractivity contribution in [2.45, 2.75) is 18.8 Å². The van der Waals surface area contributed by atoms with Crippen LogP contribution in [0.2, 0.25) is 10.0 Å². The molecule has 3 rings (SSSR count). The van der Waals surface area contributed by atoms with Gasteiger partial charge >= 0.3 is 0 Å². The maximum atomic E-state index is 12.6. The minimum absolute atomic E-state index is 0.154. The maximum absolute atomic E-state index is 12.6. The van der Waals surface area contributed by atoms with E-state index >= 15 is 0 Å². The van der Waals surface area contributed by atoms with Crippen LogP contribution < -0.4 is 0 Å². The van der Waals surface area contributed by atoms with Crippen LogP contribution in [0.15, 0.2) is 42.5 Å². The molecule has 0 fully saturated rings. The fourth-order valence-electron chi connectivity index (χ4n) is 2.74. The van der Waals surface area contributed by atoms with Crippen LogP contribution in [-0.2, 0) is 11.8 Å². The quantitative estimate of drug-likeness (QED) is 0.745. The van der Waals surface area contributed by atoms with Crippen molar-refractivity contribution in [2.24, 2.45) is 0 Å². The van der Waals surface area contributed by atoms with Crippen molar-refractivity contribution in [1.82, 2.24) is 0 Å². The zero-order valence-electron chi connectivity index (χ0n) is 10.4. The van der Waals surface area contributed by atoms with E-state index in [2.05, 4.69) is 0 Å². The first-order chi connectivity index (χ1) is 9.00. The Balaban J connectivity index is 2.09. The molecular weight excluding hydrogens is 279 g/mol. The molecule has 0 amide bonds. The Bertz CT molecular complexity index is 661. The van der Waals surface area contributed by atoms with E-state index in [4.69, 9.17) is 23.2 Å². The molecule has 0 aromatic heterocycles. The van der Waals surface area contributed by atoms with Crippen LogP contribution in [-0.4, -0.2) is 5.78 Å². The van der Waals surface area contributed by atoms with Gasteiger partial charge < -0.3 is 0 Å². The average molecular weight is 291 g/mol. The van der Waals surface area contributed by atoms with Gasteiger partial charge in [0.25, 0.3) is 0 Å². The zero-order chi connectivity index (χ0) is 13.6. The monoisotopic (exact) mass is 290 g/mol. The van der Waals surface area contributed by atoms with E-state index in [9.17, 15) is 4.79 Å². The molecule has 2 aromatic rings. The predicted molar refractivity (Wildman–Crippen MR) is 78.3 cm³/mol. The maximum Gasteiger partial charge on any atom is 0.173 e. The van der Waals surface area contributed by atoms with Crippen LogP contribution in [0.25, 0.3) is 0 Å². The van der Waals surface area contributed by atoms with Crippen LogP contribution >= 0.6 is 23.2 Å². The number of benzene rings is 2. The van der Waals surface area contributed by atoms with Gasteiger partial charge in [-0.3, -0.25) is 4.79 Å². The fourth-order valence-corrected chi connectivity index (χ4v) is 3.06. The summed E-state index contributed by atoms with van der Waals surface area (Å²) in [6.07, 6.45) is 0.684. The smallest absolute Gasteiger partial charge is 0.173 e. The van der Waals surface area contributed by atoms with Gasteiger partial charge in [0.1, 0.15) is 0 Å². The molecule has 2 aromatic carbocycles. The third-order valence-corrected chi connectivity index (χ3v) is 4.33. The Hall–Kier alpha value is -1.31. The number of hydrogen-bond acceptors (Lipinski definition) is 1. The van der Waals surface area contributed by atoms with E-state index in [1.165, 1.54) is 0 Å². The largest absolute Gasteiger partial charge is 0.293 e. The molecule has 0 saturated heterocycles.